The molecule has 0 spiro atoms. The Kier molecular flexibility index (Phi) is 2.75. The van der Waals surface area contributed by atoms with E-state index in [2.05, 4.69) is 5.10 Å². The van der Waals surface area contributed by atoms with Crippen molar-refractivity contribution in [1.29, 1.82) is 0 Å². The van der Waals surface area contributed by atoms with Crippen LogP contribution in [0.2, 0.25) is 0 Å². The van der Waals surface area contributed by atoms with Gasteiger partial charge in [-0.2, -0.15) is 5.10 Å². The molecule has 1 fully saturated rings. The lowest BCUT2D eigenvalue weighted by molar-refractivity contribution is -0.120. The van der Waals surface area contributed by atoms with E-state index in [4.69, 9.17) is 4.74 Å². The van der Waals surface area contributed by atoms with E-state index in [1.165, 1.54) is 0 Å². The smallest absolute Gasteiger partial charge is 0.159 e. The molecule has 82 valence electrons. The molecule has 0 radical (unpaired) electrons. The number of carbonyl (C=O) groups excluding carboxylic acids is 1. The molecule has 0 atom stereocenters. The van der Waals surface area contributed by atoms with Gasteiger partial charge in [0.1, 0.15) is 5.78 Å². The fourth-order valence-corrected chi connectivity index (χ4v) is 1.75. The first-order valence-corrected chi connectivity index (χ1v) is 5.30. The van der Waals surface area contributed by atoms with Gasteiger partial charge in [-0.15, -0.1) is 0 Å². The molecule has 0 unspecified atom stereocenters. The molecule has 1 heterocycles. The van der Waals surface area contributed by atoms with Crippen molar-refractivity contribution in [3.63, 3.8) is 0 Å². The standard InChI is InChI=1S/C11H16N2O2/c1-13-9(11(15-2)7-12-13)5-6-10(14)8-3-4-8/h7-8H,3-6H2,1-2H3. The van der Waals surface area contributed by atoms with Gasteiger partial charge in [-0.3, -0.25) is 9.48 Å². The molecule has 1 aliphatic rings. The van der Waals surface area contributed by atoms with Crippen molar-refractivity contribution >= 4 is 5.78 Å². The van der Waals surface area contributed by atoms with Gasteiger partial charge < -0.3 is 4.74 Å². The number of aryl methyl sites for hydroxylation is 1. The van der Waals surface area contributed by atoms with Crippen molar-refractivity contribution in [2.45, 2.75) is 25.7 Å². The molecule has 0 amide bonds. The highest BCUT2D eigenvalue weighted by Gasteiger charge is 2.29. The lowest BCUT2D eigenvalue weighted by Gasteiger charge is -2.04. The highest BCUT2D eigenvalue weighted by molar-refractivity contribution is 5.83. The van der Waals surface area contributed by atoms with Gasteiger partial charge in [0.05, 0.1) is 19.0 Å². The summed E-state index contributed by atoms with van der Waals surface area (Å²) in [5.41, 5.74) is 1.01. The van der Waals surface area contributed by atoms with E-state index in [1.54, 1.807) is 18.0 Å². The summed E-state index contributed by atoms with van der Waals surface area (Å²) in [7, 11) is 3.50. The first kappa shape index (κ1) is 10.2. The lowest BCUT2D eigenvalue weighted by Crippen LogP contribution is -2.06. The van der Waals surface area contributed by atoms with Crippen molar-refractivity contribution in [3.8, 4) is 5.75 Å². The third-order valence-corrected chi connectivity index (χ3v) is 2.88. The maximum absolute atomic E-state index is 11.5. The third-order valence-electron chi connectivity index (χ3n) is 2.88. The monoisotopic (exact) mass is 208 g/mol. The highest BCUT2D eigenvalue weighted by atomic mass is 16.5. The Labute approximate surface area is 89.2 Å². The Hall–Kier alpha value is -1.32. The number of ketones is 1. The van der Waals surface area contributed by atoms with Gasteiger partial charge in [0, 0.05) is 19.4 Å². The van der Waals surface area contributed by atoms with Crippen LogP contribution in [0.1, 0.15) is 25.0 Å². The van der Waals surface area contributed by atoms with Gasteiger partial charge in [0.25, 0.3) is 0 Å². The van der Waals surface area contributed by atoms with Gasteiger partial charge in [0.2, 0.25) is 0 Å². The molecule has 15 heavy (non-hydrogen) atoms. The summed E-state index contributed by atoms with van der Waals surface area (Å²) in [4.78, 5) is 11.5. The Morgan fingerprint density at radius 2 is 2.40 bits per heavy atom. The van der Waals surface area contributed by atoms with Gasteiger partial charge in [-0.05, 0) is 19.3 Å². The first-order chi connectivity index (χ1) is 7.22. The summed E-state index contributed by atoms with van der Waals surface area (Å²) in [5.74, 6) is 1.52. The summed E-state index contributed by atoms with van der Waals surface area (Å²) in [5, 5.41) is 4.11. The van der Waals surface area contributed by atoms with Gasteiger partial charge in [-0.25, -0.2) is 0 Å². The summed E-state index contributed by atoms with van der Waals surface area (Å²) < 4.78 is 6.96. The molecule has 1 aromatic heterocycles. The molecule has 4 nitrogen and oxygen atoms in total. The summed E-state index contributed by atoms with van der Waals surface area (Å²) in [6.07, 6.45) is 5.20. The number of aromatic nitrogens is 2. The molecule has 0 aromatic carbocycles. The molecule has 4 heteroatoms. The van der Waals surface area contributed by atoms with Gasteiger partial charge in [0.15, 0.2) is 5.75 Å². The Morgan fingerprint density at radius 3 is 3.00 bits per heavy atom. The normalized spacial score (nSPS) is 15.3. The molecule has 1 aliphatic carbocycles. The van der Waals surface area contributed by atoms with E-state index in [9.17, 15) is 4.79 Å². The van der Waals surface area contributed by atoms with Crippen LogP contribution in [0, 0.1) is 5.92 Å². The molecule has 0 N–H and O–H groups in total. The van der Waals surface area contributed by atoms with Crippen molar-refractivity contribution < 1.29 is 9.53 Å². The second kappa shape index (κ2) is 4.04. The lowest BCUT2D eigenvalue weighted by atomic mass is 10.1. The quantitative estimate of drug-likeness (QED) is 0.733. The minimum Gasteiger partial charge on any atom is -0.493 e. The molecular formula is C11H16N2O2. The highest BCUT2D eigenvalue weighted by Crippen LogP contribution is 2.31. The number of hydrogen-bond acceptors (Lipinski definition) is 3. The second-order valence-electron chi connectivity index (χ2n) is 4.02. The molecule has 1 saturated carbocycles. The zero-order valence-electron chi connectivity index (χ0n) is 9.19. The number of nitrogens with zero attached hydrogens (tertiary/aromatic N) is 2. The maximum atomic E-state index is 11.5. The number of carbonyl (C=O) groups is 1. The molecule has 0 bridgehead atoms. The minimum atomic E-state index is 0.351. The van der Waals surface area contributed by atoms with E-state index in [-0.39, 0.29) is 0 Å². The molecule has 0 saturated heterocycles. The van der Waals surface area contributed by atoms with Crippen LogP contribution in [0.25, 0.3) is 0 Å². The van der Waals surface area contributed by atoms with E-state index in [0.717, 1.165) is 30.7 Å². The molecule has 0 aliphatic heterocycles. The van der Waals surface area contributed by atoms with Crippen molar-refractivity contribution in [2.24, 2.45) is 13.0 Å². The van der Waals surface area contributed by atoms with Crippen molar-refractivity contribution in [2.75, 3.05) is 7.11 Å². The second-order valence-corrected chi connectivity index (χ2v) is 4.02. The van der Waals surface area contributed by atoms with Crippen LogP contribution in [0.15, 0.2) is 6.20 Å². The number of rotatable bonds is 5. The average molecular weight is 208 g/mol. The van der Waals surface area contributed by atoms with Crippen LogP contribution < -0.4 is 4.74 Å². The Balaban J connectivity index is 1.96. The fourth-order valence-electron chi connectivity index (χ4n) is 1.75. The van der Waals surface area contributed by atoms with Gasteiger partial charge in [-0.1, -0.05) is 0 Å². The summed E-state index contributed by atoms with van der Waals surface area (Å²) in [6.45, 7) is 0. The zero-order valence-corrected chi connectivity index (χ0v) is 9.19. The minimum absolute atomic E-state index is 0.351. The van der Waals surface area contributed by atoms with Crippen molar-refractivity contribution in [1.82, 2.24) is 9.78 Å². The first-order valence-electron chi connectivity index (χ1n) is 5.30. The van der Waals surface area contributed by atoms with Crippen LogP contribution >= 0.6 is 0 Å². The van der Waals surface area contributed by atoms with Gasteiger partial charge >= 0.3 is 0 Å². The molecule has 1 aromatic rings. The SMILES string of the molecule is COc1cnn(C)c1CCC(=O)C1CC1. The van der Waals surface area contributed by atoms with Crippen LogP contribution in [-0.2, 0) is 18.3 Å². The van der Waals surface area contributed by atoms with E-state index >= 15 is 0 Å². The summed E-state index contributed by atoms with van der Waals surface area (Å²) >= 11 is 0. The predicted octanol–water partition coefficient (Wildman–Crippen LogP) is 1.34. The van der Waals surface area contributed by atoms with E-state index in [1.807, 2.05) is 7.05 Å². The van der Waals surface area contributed by atoms with Crippen molar-refractivity contribution in [3.05, 3.63) is 11.9 Å². The molecular weight excluding hydrogens is 192 g/mol. The van der Waals surface area contributed by atoms with Crippen LogP contribution in [0.4, 0.5) is 0 Å². The van der Waals surface area contributed by atoms with Crippen LogP contribution in [-0.4, -0.2) is 22.7 Å². The Bertz CT molecular complexity index is 367. The fraction of sp³-hybridized carbons (Fsp3) is 0.636. The number of Topliss-reactive ketones (excluding diaryl/α,β-unsaturated/α-hetero) is 1. The zero-order chi connectivity index (χ0) is 10.8. The summed E-state index contributed by atoms with van der Waals surface area (Å²) in [6, 6.07) is 0. The Morgan fingerprint density at radius 1 is 1.67 bits per heavy atom. The third kappa shape index (κ3) is 2.19. The maximum Gasteiger partial charge on any atom is 0.159 e. The van der Waals surface area contributed by atoms with E-state index in [0.29, 0.717) is 18.1 Å². The number of methoxy groups -OCH3 is 1. The number of ether oxygens (including phenoxy) is 1. The average Bonchev–Trinajstić information content (AvgIpc) is 3.01. The topological polar surface area (TPSA) is 44.1 Å². The van der Waals surface area contributed by atoms with Crippen LogP contribution in [0.3, 0.4) is 0 Å². The van der Waals surface area contributed by atoms with Crippen LogP contribution in [0.5, 0.6) is 5.75 Å². The largest absolute Gasteiger partial charge is 0.493 e. The van der Waals surface area contributed by atoms with E-state index < -0.39 is 0 Å². The predicted molar refractivity (Wildman–Crippen MR) is 55.8 cm³/mol. The molecule has 2 rings (SSSR count). The number of hydrogen-bond donors (Lipinski definition) is 0.